The van der Waals surface area contributed by atoms with E-state index in [-0.39, 0.29) is 0 Å². The van der Waals surface area contributed by atoms with Crippen molar-refractivity contribution in [3.05, 3.63) is 28.8 Å². The maximum Gasteiger partial charge on any atom is 0.0985 e. The quantitative estimate of drug-likeness (QED) is 0.788. The first-order valence-corrected chi connectivity index (χ1v) is 7.69. The molecule has 0 amide bonds. The Morgan fingerprint density at radius 3 is 2.89 bits per heavy atom. The van der Waals surface area contributed by atoms with E-state index in [0.717, 1.165) is 6.42 Å². The van der Waals surface area contributed by atoms with Crippen molar-refractivity contribution in [3.63, 3.8) is 0 Å². The molecule has 2 unspecified atom stereocenters. The lowest BCUT2D eigenvalue weighted by molar-refractivity contribution is 0.504. The molecule has 2 aromatic rings. The summed E-state index contributed by atoms with van der Waals surface area (Å²) in [6.07, 6.45) is 6.27. The Morgan fingerprint density at radius 2 is 2.06 bits per heavy atom. The first-order valence-electron chi connectivity index (χ1n) is 6.87. The molecule has 18 heavy (non-hydrogen) atoms. The first-order chi connectivity index (χ1) is 8.75. The molecule has 96 valence electrons. The first kappa shape index (κ1) is 12.1. The van der Waals surface area contributed by atoms with Crippen molar-refractivity contribution in [3.8, 4) is 0 Å². The van der Waals surface area contributed by atoms with E-state index in [4.69, 9.17) is 10.7 Å². The van der Waals surface area contributed by atoms with E-state index in [9.17, 15) is 0 Å². The van der Waals surface area contributed by atoms with E-state index in [1.807, 2.05) is 11.3 Å². The van der Waals surface area contributed by atoms with Crippen LogP contribution in [0.4, 0.5) is 0 Å². The smallest absolute Gasteiger partial charge is 0.0985 e. The van der Waals surface area contributed by atoms with Crippen LogP contribution in [0.2, 0.25) is 0 Å². The lowest BCUT2D eigenvalue weighted by Gasteiger charge is -2.18. The van der Waals surface area contributed by atoms with Crippen molar-refractivity contribution in [2.24, 2.45) is 5.73 Å². The number of hydrogen-bond acceptors (Lipinski definition) is 3. The summed E-state index contributed by atoms with van der Waals surface area (Å²) in [5.74, 6) is 0.476. The molecule has 1 aliphatic carbocycles. The van der Waals surface area contributed by atoms with Gasteiger partial charge in [-0.25, -0.2) is 4.98 Å². The molecule has 1 heterocycles. The van der Waals surface area contributed by atoms with Crippen LogP contribution in [0.25, 0.3) is 10.2 Å². The van der Waals surface area contributed by atoms with E-state index in [2.05, 4.69) is 25.1 Å². The number of aryl methyl sites for hydroxylation is 1. The van der Waals surface area contributed by atoms with Crippen LogP contribution in [0.1, 0.15) is 48.6 Å². The fourth-order valence-corrected chi connectivity index (χ4v) is 4.16. The summed E-state index contributed by atoms with van der Waals surface area (Å²) in [6, 6.07) is 6.73. The highest BCUT2D eigenvalue weighted by molar-refractivity contribution is 7.18. The summed E-state index contributed by atoms with van der Waals surface area (Å²) in [4.78, 5) is 4.87. The third-order valence-electron chi connectivity index (χ3n) is 4.02. The van der Waals surface area contributed by atoms with Gasteiger partial charge in [-0.15, -0.1) is 11.3 Å². The fraction of sp³-hybridized carbons (Fsp3) is 0.533. The molecule has 0 radical (unpaired) electrons. The molecule has 1 aliphatic rings. The normalized spacial score (nSPS) is 25.2. The molecule has 1 aromatic carbocycles. The van der Waals surface area contributed by atoms with Crippen LogP contribution >= 0.6 is 11.3 Å². The predicted octanol–water partition coefficient (Wildman–Crippen LogP) is 3.98. The van der Waals surface area contributed by atoms with E-state index >= 15 is 0 Å². The summed E-state index contributed by atoms with van der Waals surface area (Å²) < 4.78 is 1.31. The monoisotopic (exact) mass is 260 g/mol. The SMILES string of the molecule is Cc1cccc2sc(C3CCCCCC3N)nc12. The molecule has 1 aromatic heterocycles. The second-order valence-electron chi connectivity index (χ2n) is 5.38. The van der Waals surface area contributed by atoms with Crippen molar-refractivity contribution >= 4 is 21.6 Å². The second kappa shape index (κ2) is 4.98. The van der Waals surface area contributed by atoms with Crippen molar-refractivity contribution in [1.82, 2.24) is 4.98 Å². The minimum atomic E-state index is 0.299. The minimum Gasteiger partial charge on any atom is -0.327 e. The number of nitrogens with zero attached hydrogens (tertiary/aromatic N) is 1. The van der Waals surface area contributed by atoms with Gasteiger partial charge in [0.25, 0.3) is 0 Å². The number of hydrogen-bond donors (Lipinski definition) is 1. The van der Waals surface area contributed by atoms with Crippen LogP contribution < -0.4 is 5.73 Å². The van der Waals surface area contributed by atoms with Crippen LogP contribution in [-0.2, 0) is 0 Å². The molecule has 3 rings (SSSR count). The molecular weight excluding hydrogens is 240 g/mol. The van der Waals surface area contributed by atoms with Gasteiger partial charge in [0.05, 0.1) is 15.2 Å². The van der Waals surface area contributed by atoms with Crippen molar-refractivity contribution < 1.29 is 0 Å². The average molecular weight is 260 g/mol. The van der Waals surface area contributed by atoms with Crippen LogP contribution in [-0.4, -0.2) is 11.0 Å². The van der Waals surface area contributed by atoms with E-state index in [1.54, 1.807) is 0 Å². The highest BCUT2D eigenvalue weighted by atomic mass is 32.1. The Hall–Kier alpha value is -0.930. The van der Waals surface area contributed by atoms with E-state index in [1.165, 1.54) is 46.5 Å². The molecule has 1 fully saturated rings. The largest absolute Gasteiger partial charge is 0.327 e. The number of aromatic nitrogens is 1. The van der Waals surface area contributed by atoms with Crippen molar-refractivity contribution in [2.75, 3.05) is 0 Å². The van der Waals surface area contributed by atoms with Gasteiger partial charge in [0, 0.05) is 12.0 Å². The maximum atomic E-state index is 6.34. The minimum absolute atomic E-state index is 0.299. The molecule has 3 heteroatoms. The topological polar surface area (TPSA) is 38.9 Å². The molecule has 1 saturated carbocycles. The molecule has 0 aliphatic heterocycles. The summed E-state index contributed by atoms with van der Waals surface area (Å²) in [5, 5.41) is 1.26. The number of benzene rings is 1. The van der Waals surface area contributed by atoms with Gasteiger partial charge in [-0.2, -0.15) is 0 Å². The molecular formula is C15H20N2S. The van der Waals surface area contributed by atoms with Gasteiger partial charge < -0.3 is 5.73 Å². The molecule has 0 spiro atoms. The zero-order valence-corrected chi connectivity index (χ0v) is 11.7. The number of rotatable bonds is 1. The predicted molar refractivity (Wildman–Crippen MR) is 78.2 cm³/mol. The lowest BCUT2D eigenvalue weighted by Crippen LogP contribution is -2.27. The van der Waals surface area contributed by atoms with E-state index < -0.39 is 0 Å². The summed E-state index contributed by atoms with van der Waals surface area (Å²) >= 11 is 1.84. The van der Waals surface area contributed by atoms with Gasteiger partial charge in [0.15, 0.2) is 0 Å². The number of para-hydroxylation sites is 1. The standard InChI is InChI=1S/C15H20N2S/c1-10-6-5-9-13-14(10)17-15(18-13)11-7-3-2-4-8-12(11)16/h5-6,9,11-12H,2-4,7-8,16H2,1H3. The molecule has 2 N–H and O–H groups in total. The fourth-order valence-electron chi connectivity index (χ4n) is 2.90. The zero-order valence-electron chi connectivity index (χ0n) is 10.9. The number of nitrogens with two attached hydrogens (primary N) is 1. The molecule has 2 nitrogen and oxygen atoms in total. The van der Waals surface area contributed by atoms with Crippen LogP contribution in [0.15, 0.2) is 18.2 Å². The van der Waals surface area contributed by atoms with E-state index in [0.29, 0.717) is 12.0 Å². The van der Waals surface area contributed by atoms with Crippen molar-refractivity contribution in [2.45, 2.75) is 51.0 Å². The third-order valence-corrected chi connectivity index (χ3v) is 5.18. The van der Waals surface area contributed by atoms with Gasteiger partial charge in [-0.05, 0) is 31.4 Å². The van der Waals surface area contributed by atoms with Crippen LogP contribution in [0.5, 0.6) is 0 Å². The molecule has 0 saturated heterocycles. The van der Waals surface area contributed by atoms with Gasteiger partial charge in [0.1, 0.15) is 0 Å². The summed E-state index contributed by atoms with van der Waals surface area (Å²) in [5.41, 5.74) is 8.79. The zero-order chi connectivity index (χ0) is 12.5. The molecule has 0 bridgehead atoms. The average Bonchev–Trinajstić information content (AvgIpc) is 2.67. The maximum absolute atomic E-state index is 6.34. The van der Waals surface area contributed by atoms with Gasteiger partial charge in [-0.3, -0.25) is 0 Å². The number of thiazole rings is 1. The van der Waals surface area contributed by atoms with Gasteiger partial charge in [-0.1, -0.05) is 31.4 Å². The Kier molecular flexibility index (Phi) is 3.35. The summed E-state index contributed by atoms with van der Waals surface area (Å²) in [6.45, 7) is 2.14. The van der Waals surface area contributed by atoms with Crippen molar-refractivity contribution in [1.29, 1.82) is 0 Å². The Labute approximate surface area is 112 Å². The van der Waals surface area contributed by atoms with Gasteiger partial charge in [0.2, 0.25) is 0 Å². The van der Waals surface area contributed by atoms with Crippen LogP contribution in [0, 0.1) is 6.92 Å². The highest BCUT2D eigenvalue weighted by Gasteiger charge is 2.25. The third kappa shape index (κ3) is 2.17. The highest BCUT2D eigenvalue weighted by Crippen LogP contribution is 2.36. The number of fused-ring (bicyclic) bond motifs is 1. The molecule has 2 atom stereocenters. The summed E-state index contributed by atoms with van der Waals surface area (Å²) in [7, 11) is 0. The second-order valence-corrected chi connectivity index (χ2v) is 6.44. The van der Waals surface area contributed by atoms with Crippen LogP contribution in [0.3, 0.4) is 0 Å². The van der Waals surface area contributed by atoms with Gasteiger partial charge >= 0.3 is 0 Å². The Bertz CT molecular complexity index is 546. The lowest BCUT2D eigenvalue weighted by atomic mass is 9.96. The Balaban J connectivity index is 2.00. The Morgan fingerprint density at radius 1 is 1.22 bits per heavy atom.